The van der Waals surface area contributed by atoms with Crippen molar-refractivity contribution in [2.24, 2.45) is 5.92 Å². The summed E-state index contributed by atoms with van der Waals surface area (Å²) in [5.41, 5.74) is 1.36. The van der Waals surface area contributed by atoms with Crippen molar-refractivity contribution in [1.82, 2.24) is 15.2 Å². The summed E-state index contributed by atoms with van der Waals surface area (Å²) in [5.74, 6) is -1.90. The highest BCUT2D eigenvalue weighted by molar-refractivity contribution is 6.07. The van der Waals surface area contributed by atoms with Gasteiger partial charge in [0.1, 0.15) is 6.04 Å². The van der Waals surface area contributed by atoms with Crippen molar-refractivity contribution >= 4 is 28.7 Å². The highest BCUT2D eigenvalue weighted by Gasteiger charge is 2.22. The third-order valence-electron chi connectivity index (χ3n) is 4.32. The van der Waals surface area contributed by atoms with E-state index in [1.807, 2.05) is 42.7 Å². The van der Waals surface area contributed by atoms with E-state index in [0.29, 0.717) is 25.1 Å². The van der Waals surface area contributed by atoms with Crippen molar-refractivity contribution in [1.29, 1.82) is 0 Å². The van der Waals surface area contributed by atoms with E-state index in [1.165, 1.54) is 0 Å². The molecule has 8 nitrogen and oxygen atoms in total. The van der Waals surface area contributed by atoms with Crippen LogP contribution in [0.2, 0.25) is 0 Å². The fourth-order valence-electron chi connectivity index (χ4n) is 3.00. The Bertz CT molecular complexity index is 843. The number of para-hydroxylation sites is 1. The number of hydrogen-bond acceptors (Lipinski definition) is 4. The average molecular weight is 389 g/mol. The molecule has 0 aliphatic rings. The number of rotatable bonds is 10. The molecule has 1 atom stereocenters. The Morgan fingerprint density at radius 2 is 1.93 bits per heavy atom. The Morgan fingerprint density at radius 3 is 2.57 bits per heavy atom. The summed E-state index contributed by atoms with van der Waals surface area (Å²) in [5, 5.41) is 15.0. The van der Waals surface area contributed by atoms with Gasteiger partial charge in [0.25, 0.3) is 5.91 Å². The number of aliphatic carboxylic acids is 1. The second-order valence-corrected chi connectivity index (χ2v) is 7.02. The Morgan fingerprint density at radius 1 is 1.21 bits per heavy atom. The van der Waals surface area contributed by atoms with Crippen LogP contribution in [0.25, 0.3) is 10.9 Å². The summed E-state index contributed by atoms with van der Waals surface area (Å²) in [6.45, 7) is 4.57. The number of carbonyl (C=O) groups is 3. The van der Waals surface area contributed by atoms with Crippen LogP contribution in [0.1, 0.15) is 30.6 Å². The highest BCUT2D eigenvalue weighted by Crippen LogP contribution is 2.21. The molecule has 2 aromatic rings. The van der Waals surface area contributed by atoms with Crippen LogP contribution in [0.5, 0.6) is 0 Å². The van der Waals surface area contributed by atoms with Crippen molar-refractivity contribution in [2.45, 2.75) is 32.9 Å². The van der Waals surface area contributed by atoms with Crippen LogP contribution in [0, 0.1) is 5.92 Å². The van der Waals surface area contributed by atoms with Gasteiger partial charge in [-0.3, -0.25) is 9.59 Å². The number of aromatic nitrogens is 1. The lowest BCUT2D eigenvalue weighted by molar-refractivity contribution is -0.142. The molecule has 1 aromatic carbocycles. The minimum atomic E-state index is -1.09. The zero-order valence-electron chi connectivity index (χ0n) is 16.4. The van der Waals surface area contributed by atoms with Crippen LogP contribution in [0.4, 0.5) is 0 Å². The maximum atomic E-state index is 12.6. The molecule has 0 aliphatic heterocycles. The van der Waals surface area contributed by atoms with Gasteiger partial charge in [0.05, 0.1) is 18.7 Å². The maximum Gasteiger partial charge on any atom is 0.326 e. The van der Waals surface area contributed by atoms with E-state index in [9.17, 15) is 19.5 Å². The first-order valence-corrected chi connectivity index (χ1v) is 9.20. The standard InChI is InChI=1S/C20H27N3O5/c1-13(2)10-16(20(26)27)22-18(24)11-21-19(25)15-12-23(8-9-28-3)17-7-5-4-6-14(15)17/h4-7,12-13,16H,8-11H2,1-3H3,(H,21,25)(H,22,24)(H,26,27)/t16-/m0/s1. The first-order valence-electron chi connectivity index (χ1n) is 9.20. The monoisotopic (exact) mass is 389 g/mol. The number of carboxylic acids is 1. The molecule has 1 aromatic heterocycles. The molecule has 0 saturated heterocycles. The van der Waals surface area contributed by atoms with Crippen LogP contribution in [0.3, 0.4) is 0 Å². The lowest BCUT2D eigenvalue weighted by atomic mass is 10.0. The van der Waals surface area contributed by atoms with Gasteiger partial charge in [0, 0.05) is 30.8 Å². The van der Waals surface area contributed by atoms with E-state index in [4.69, 9.17) is 4.74 Å². The van der Waals surface area contributed by atoms with E-state index in [-0.39, 0.29) is 12.5 Å². The normalized spacial score (nSPS) is 12.1. The minimum absolute atomic E-state index is 0.120. The van der Waals surface area contributed by atoms with E-state index in [2.05, 4.69) is 10.6 Å². The summed E-state index contributed by atoms with van der Waals surface area (Å²) >= 11 is 0. The number of ether oxygens (including phenoxy) is 1. The van der Waals surface area contributed by atoms with Crippen molar-refractivity contribution in [3.63, 3.8) is 0 Å². The molecule has 0 saturated carbocycles. The second kappa shape index (κ2) is 9.89. The molecule has 2 rings (SSSR count). The molecule has 0 spiro atoms. The van der Waals surface area contributed by atoms with E-state index >= 15 is 0 Å². The van der Waals surface area contributed by atoms with Crippen LogP contribution >= 0.6 is 0 Å². The number of benzene rings is 1. The predicted octanol–water partition coefficient (Wildman–Crippen LogP) is 1.63. The zero-order chi connectivity index (χ0) is 20.7. The molecule has 0 unspecified atom stereocenters. The van der Waals surface area contributed by atoms with Gasteiger partial charge in [-0.2, -0.15) is 0 Å². The number of hydrogen-bond donors (Lipinski definition) is 3. The van der Waals surface area contributed by atoms with Crippen molar-refractivity contribution < 1.29 is 24.2 Å². The summed E-state index contributed by atoms with van der Waals surface area (Å²) in [6.07, 6.45) is 2.05. The van der Waals surface area contributed by atoms with Gasteiger partial charge < -0.3 is 25.0 Å². The van der Waals surface area contributed by atoms with E-state index in [0.717, 1.165) is 10.9 Å². The molecule has 152 valence electrons. The quantitative estimate of drug-likeness (QED) is 0.572. The minimum Gasteiger partial charge on any atom is -0.480 e. The molecule has 2 amide bonds. The fraction of sp³-hybridized carbons (Fsp3) is 0.450. The summed E-state index contributed by atoms with van der Waals surface area (Å²) in [7, 11) is 1.61. The number of nitrogens with one attached hydrogen (secondary N) is 2. The highest BCUT2D eigenvalue weighted by atomic mass is 16.5. The van der Waals surface area contributed by atoms with Gasteiger partial charge in [0.15, 0.2) is 0 Å². The molecule has 0 aliphatic carbocycles. The smallest absolute Gasteiger partial charge is 0.326 e. The summed E-state index contributed by atoms with van der Waals surface area (Å²) < 4.78 is 7.03. The van der Waals surface area contributed by atoms with Gasteiger partial charge in [0.2, 0.25) is 5.91 Å². The Kier molecular flexibility index (Phi) is 7.57. The molecular formula is C20H27N3O5. The summed E-state index contributed by atoms with van der Waals surface area (Å²) in [6, 6.07) is 6.52. The third kappa shape index (κ3) is 5.56. The van der Waals surface area contributed by atoms with Gasteiger partial charge in [-0.15, -0.1) is 0 Å². The topological polar surface area (TPSA) is 110 Å². The van der Waals surface area contributed by atoms with Crippen LogP contribution in [-0.2, 0) is 20.9 Å². The Labute approximate surface area is 163 Å². The molecule has 0 fully saturated rings. The number of nitrogens with zero attached hydrogens (tertiary/aromatic N) is 1. The maximum absolute atomic E-state index is 12.6. The number of amides is 2. The van der Waals surface area contributed by atoms with E-state index < -0.39 is 23.8 Å². The number of methoxy groups -OCH3 is 1. The molecule has 0 radical (unpaired) electrons. The Hall–Kier alpha value is -2.87. The van der Waals surface area contributed by atoms with Crippen molar-refractivity contribution in [3.05, 3.63) is 36.0 Å². The third-order valence-corrected chi connectivity index (χ3v) is 4.32. The largest absolute Gasteiger partial charge is 0.480 e. The number of carboxylic acid groups (broad SMARTS) is 1. The second-order valence-electron chi connectivity index (χ2n) is 7.02. The molecule has 8 heteroatoms. The van der Waals surface area contributed by atoms with E-state index in [1.54, 1.807) is 13.3 Å². The SMILES string of the molecule is COCCn1cc(C(=O)NCC(=O)N[C@@H](CC(C)C)C(=O)O)c2ccccc21. The van der Waals surface area contributed by atoms with Crippen LogP contribution < -0.4 is 10.6 Å². The van der Waals surface area contributed by atoms with Crippen LogP contribution in [0.15, 0.2) is 30.5 Å². The molecular weight excluding hydrogens is 362 g/mol. The first kappa shape index (κ1) is 21.4. The lowest BCUT2D eigenvalue weighted by Crippen LogP contribution is -2.46. The van der Waals surface area contributed by atoms with Gasteiger partial charge in [-0.1, -0.05) is 32.0 Å². The molecule has 28 heavy (non-hydrogen) atoms. The van der Waals surface area contributed by atoms with Crippen LogP contribution in [-0.4, -0.2) is 53.8 Å². The first-order chi connectivity index (χ1) is 13.3. The van der Waals surface area contributed by atoms with Gasteiger partial charge in [-0.25, -0.2) is 4.79 Å². The van der Waals surface area contributed by atoms with Gasteiger partial charge in [-0.05, 0) is 18.4 Å². The summed E-state index contributed by atoms with van der Waals surface area (Å²) in [4.78, 5) is 35.9. The zero-order valence-corrected chi connectivity index (χ0v) is 16.4. The predicted molar refractivity (Wildman–Crippen MR) is 105 cm³/mol. The van der Waals surface area contributed by atoms with Gasteiger partial charge >= 0.3 is 5.97 Å². The number of fused-ring (bicyclic) bond motifs is 1. The van der Waals surface area contributed by atoms with Crippen molar-refractivity contribution in [2.75, 3.05) is 20.3 Å². The molecule has 3 N–H and O–H groups in total. The fourth-order valence-corrected chi connectivity index (χ4v) is 3.00. The number of carbonyl (C=O) groups excluding carboxylic acids is 2. The molecule has 1 heterocycles. The average Bonchev–Trinajstić information content (AvgIpc) is 3.02. The Balaban J connectivity index is 2.04. The lowest BCUT2D eigenvalue weighted by Gasteiger charge is -2.16. The van der Waals surface area contributed by atoms with Crippen molar-refractivity contribution in [3.8, 4) is 0 Å². The molecule has 0 bridgehead atoms.